The third-order valence-corrected chi connectivity index (χ3v) is 4.78. The summed E-state index contributed by atoms with van der Waals surface area (Å²) in [7, 11) is 0. The number of pyridine rings is 1. The lowest BCUT2D eigenvalue weighted by Crippen LogP contribution is -2.47. The highest BCUT2D eigenvalue weighted by Crippen LogP contribution is 2.25. The van der Waals surface area contributed by atoms with Gasteiger partial charge < -0.3 is 15.5 Å². The first-order valence-corrected chi connectivity index (χ1v) is 8.91. The average Bonchev–Trinajstić information content (AvgIpc) is 2.66. The minimum Gasteiger partial charge on any atom is -0.508 e. The van der Waals surface area contributed by atoms with Gasteiger partial charge in [-0.15, -0.1) is 0 Å². The number of aliphatic carboxylic acids is 1. The summed E-state index contributed by atoms with van der Waals surface area (Å²) in [6, 6.07) is 10.5. The molecule has 1 aliphatic heterocycles. The molecule has 2 heterocycles. The lowest BCUT2D eigenvalue weighted by molar-refractivity contribution is -0.145. The van der Waals surface area contributed by atoms with E-state index in [0.717, 1.165) is 11.1 Å². The summed E-state index contributed by atoms with van der Waals surface area (Å²) in [6.07, 6.45) is 3.66. The van der Waals surface area contributed by atoms with E-state index in [9.17, 15) is 19.8 Å². The average molecular weight is 369 g/mol. The zero-order valence-corrected chi connectivity index (χ0v) is 14.9. The molecule has 2 atom stereocenters. The summed E-state index contributed by atoms with van der Waals surface area (Å²) in [5, 5.41) is 22.0. The number of likely N-dealkylation sites (tertiary alicyclic amines) is 1. The maximum absolute atomic E-state index is 12.6. The fourth-order valence-corrected chi connectivity index (χ4v) is 3.44. The van der Waals surface area contributed by atoms with Crippen molar-refractivity contribution in [1.82, 2.24) is 15.2 Å². The Kier molecular flexibility index (Phi) is 6.03. The number of carboxylic acids is 1. The van der Waals surface area contributed by atoms with Crippen molar-refractivity contribution >= 4 is 11.9 Å². The molecule has 1 fully saturated rings. The molecule has 3 rings (SSSR count). The molecule has 1 aromatic carbocycles. The van der Waals surface area contributed by atoms with Crippen LogP contribution < -0.4 is 5.32 Å². The van der Waals surface area contributed by atoms with E-state index in [1.807, 2.05) is 23.1 Å². The lowest BCUT2D eigenvalue weighted by Gasteiger charge is -2.35. The molecule has 0 unspecified atom stereocenters. The van der Waals surface area contributed by atoms with Crippen molar-refractivity contribution < 1.29 is 19.8 Å². The van der Waals surface area contributed by atoms with Crippen molar-refractivity contribution in [1.29, 1.82) is 0 Å². The smallest absolute Gasteiger partial charge is 0.307 e. The molecule has 7 nitrogen and oxygen atoms in total. The predicted molar refractivity (Wildman–Crippen MR) is 98.7 cm³/mol. The summed E-state index contributed by atoms with van der Waals surface area (Å²) in [6.45, 7) is 1.76. The van der Waals surface area contributed by atoms with Gasteiger partial charge in [0.1, 0.15) is 5.75 Å². The van der Waals surface area contributed by atoms with E-state index < -0.39 is 11.9 Å². The Labute approximate surface area is 157 Å². The molecule has 0 spiro atoms. The van der Waals surface area contributed by atoms with Gasteiger partial charge in [0.15, 0.2) is 0 Å². The van der Waals surface area contributed by atoms with E-state index in [1.54, 1.807) is 30.6 Å². The molecule has 0 bridgehead atoms. The molecular formula is C20H23N3O4. The Hall–Kier alpha value is -2.93. The number of carbonyl (C=O) groups excluding carboxylic acids is 1. The summed E-state index contributed by atoms with van der Waals surface area (Å²) >= 11 is 0. The van der Waals surface area contributed by atoms with Crippen molar-refractivity contribution in [2.45, 2.75) is 19.5 Å². The van der Waals surface area contributed by atoms with Crippen LogP contribution in [-0.4, -0.2) is 45.1 Å². The van der Waals surface area contributed by atoms with Gasteiger partial charge in [-0.25, -0.2) is 0 Å². The van der Waals surface area contributed by atoms with E-state index in [-0.39, 0.29) is 17.6 Å². The molecule has 2 aromatic rings. The van der Waals surface area contributed by atoms with Gasteiger partial charge in [0, 0.05) is 38.6 Å². The zero-order chi connectivity index (χ0) is 19.2. The van der Waals surface area contributed by atoms with Crippen molar-refractivity contribution in [3.8, 4) is 5.75 Å². The Morgan fingerprint density at radius 2 is 1.85 bits per heavy atom. The van der Waals surface area contributed by atoms with E-state index in [0.29, 0.717) is 32.6 Å². The topological polar surface area (TPSA) is 103 Å². The number of rotatable bonds is 6. The van der Waals surface area contributed by atoms with Crippen molar-refractivity contribution in [3.63, 3.8) is 0 Å². The number of phenolic OH excluding ortho intramolecular Hbond substituents is 1. The minimum atomic E-state index is -0.887. The Balaban J connectivity index is 1.64. The second-order valence-corrected chi connectivity index (χ2v) is 6.91. The normalized spacial score (nSPS) is 20.1. The Morgan fingerprint density at radius 3 is 2.56 bits per heavy atom. The molecule has 1 aliphatic rings. The fourth-order valence-electron chi connectivity index (χ4n) is 3.44. The molecule has 3 N–H and O–H groups in total. The fraction of sp³-hybridized carbons (Fsp3) is 0.350. The second kappa shape index (κ2) is 8.64. The van der Waals surface area contributed by atoms with Gasteiger partial charge in [0.05, 0.1) is 11.8 Å². The number of aromatic hydroxyl groups is 1. The first-order chi connectivity index (χ1) is 13.0. The molecule has 0 aliphatic carbocycles. The zero-order valence-electron chi connectivity index (χ0n) is 14.9. The summed E-state index contributed by atoms with van der Waals surface area (Å²) < 4.78 is 0. The van der Waals surface area contributed by atoms with Crippen LogP contribution in [0.4, 0.5) is 0 Å². The number of piperidine rings is 1. The number of carbonyl (C=O) groups is 2. The Bertz CT molecular complexity index is 797. The molecule has 1 saturated heterocycles. The summed E-state index contributed by atoms with van der Waals surface area (Å²) in [4.78, 5) is 30.1. The highest BCUT2D eigenvalue weighted by atomic mass is 16.4. The van der Waals surface area contributed by atoms with Crippen molar-refractivity contribution in [2.75, 3.05) is 13.1 Å². The van der Waals surface area contributed by atoms with Crippen LogP contribution in [0.1, 0.15) is 17.5 Å². The molecule has 0 radical (unpaired) electrons. The number of hydrogen-bond acceptors (Lipinski definition) is 5. The number of benzene rings is 1. The van der Waals surface area contributed by atoms with Gasteiger partial charge in [-0.3, -0.25) is 19.5 Å². The highest BCUT2D eigenvalue weighted by molar-refractivity contribution is 5.80. The van der Waals surface area contributed by atoms with Crippen LogP contribution in [0.3, 0.4) is 0 Å². The van der Waals surface area contributed by atoms with Crippen LogP contribution in [0.15, 0.2) is 48.8 Å². The van der Waals surface area contributed by atoms with Gasteiger partial charge in [0.2, 0.25) is 5.91 Å². The highest BCUT2D eigenvalue weighted by Gasteiger charge is 2.35. The van der Waals surface area contributed by atoms with E-state index in [2.05, 4.69) is 10.3 Å². The third-order valence-electron chi connectivity index (χ3n) is 4.78. The van der Waals surface area contributed by atoms with Crippen LogP contribution in [0.25, 0.3) is 0 Å². The molecule has 27 heavy (non-hydrogen) atoms. The number of hydrogen-bond donors (Lipinski definition) is 3. The first-order valence-electron chi connectivity index (χ1n) is 8.91. The van der Waals surface area contributed by atoms with Crippen LogP contribution in [0, 0.1) is 11.8 Å². The number of phenols is 1. The quantitative estimate of drug-likeness (QED) is 0.715. The van der Waals surface area contributed by atoms with Gasteiger partial charge >= 0.3 is 5.97 Å². The lowest BCUT2D eigenvalue weighted by atomic mass is 9.88. The largest absolute Gasteiger partial charge is 0.508 e. The van der Waals surface area contributed by atoms with Crippen LogP contribution in [0.5, 0.6) is 5.75 Å². The molecular weight excluding hydrogens is 346 g/mol. The van der Waals surface area contributed by atoms with Crippen LogP contribution in [-0.2, 0) is 22.7 Å². The predicted octanol–water partition coefficient (Wildman–Crippen LogP) is 1.63. The Morgan fingerprint density at radius 1 is 1.11 bits per heavy atom. The molecule has 0 saturated carbocycles. The van der Waals surface area contributed by atoms with Gasteiger partial charge in [0.25, 0.3) is 0 Å². The molecule has 7 heteroatoms. The van der Waals surface area contributed by atoms with Crippen LogP contribution >= 0.6 is 0 Å². The molecule has 1 aromatic heterocycles. The molecule has 142 valence electrons. The number of aromatic nitrogens is 1. The number of nitrogens with zero attached hydrogens (tertiary/aromatic N) is 2. The maximum Gasteiger partial charge on any atom is 0.307 e. The monoisotopic (exact) mass is 369 g/mol. The second-order valence-electron chi connectivity index (χ2n) is 6.91. The van der Waals surface area contributed by atoms with Crippen molar-refractivity contribution in [2.24, 2.45) is 11.8 Å². The van der Waals surface area contributed by atoms with E-state index in [1.165, 1.54) is 0 Å². The number of carboxylic acid groups (broad SMARTS) is 1. The first kappa shape index (κ1) is 18.8. The number of nitrogens with one attached hydrogen (secondary N) is 1. The van der Waals surface area contributed by atoms with Crippen molar-refractivity contribution in [3.05, 3.63) is 59.9 Å². The van der Waals surface area contributed by atoms with Gasteiger partial charge in [-0.2, -0.15) is 0 Å². The minimum absolute atomic E-state index is 0.140. The number of amides is 1. The maximum atomic E-state index is 12.6. The van der Waals surface area contributed by atoms with Gasteiger partial charge in [-0.05, 0) is 41.8 Å². The third kappa shape index (κ3) is 5.27. The molecule has 1 amide bonds. The standard InChI is InChI=1S/C20H23N3O4/c24-18-3-1-2-15(8-18)11-23-12-16(9-17(13-23)20(26)27)19(25)22-10-14-4-6-21-7-5-14/h1-8,16-17,24H,9-13H2,(H,22,25)(H,26,27)/t16-,17+/m1/s1. The SMILES string of the molecule is O=C(O)[C@H]1C[C@@H](C(=O)NCc2ccncc2)CN(Cc2cccc(O)c2)C1. The van der Waals surface area contributed by atoms with E-state index >= 15 is 0 Å². The summed E-state index contributed by atoms with van der Waals surface area (Å²) in [5.74, 6) is -1.83. The van der Waals surface area contributed by atoms with Crippen LogP contribution in [0.2, 0.25) is 0 Å². The summed E-state index contributed by atoms with van der Waals surface area (Å²) in [5.41, 5.74) is 1.83. The van der Waals surface area contributed by atoms with E-state index in [4.69, 9.17) is 0 Å². The van der Waals surface area contributed by atoms with Gasteiger partial charge in [-0.1, -0.05) is 12.1 Å².